The van der Waals surface area contributed by atoms with Gasteiger partial charge in [0, 0.05) is 28.1 Å². The minimum atomic E-state index is -4.67. The van der Waals surface area contributed by atoms with Crippen LogP contribution in [0.3, 0.4) is 0 Å². The molecule has 1 aliphatic heterocycles. The van der Waals surface area contributed by atoms with E-state index in [9.17, 15) is 19.3 Å². The highest BCUT2D eigenvalue weighted by molar-refractivity contribution is 8.69. The number of benzene rings is 1. The van der Waals surface area contributed by atoms with E-state index in [-0.39, 0.29) is 6.42 Å². The highest BCUT2D eigenvalue weighted by atomic mass is 35.5. The lowest BCUT2D eigenvalue weighted by atomic mass is 10.2. The number of aliphatic hydroxyl groups excluding tert-OH is 1. The van der Waals surface area contributed by atoms with Crippen molar-refractivity contribution in [1.29, 1.82) is 0 Å². The lowest BCUT2D eigenvalue weighted by Gasteiger charge is -2.19. The molecule has 40 heavy (non-hydrogen) atoms. The molecule has 0 amide bonds. The Labute approximate surface area is 254 Å². The van der Waals surface area contributed by atoms with Crippen molar-refractivity contribution in [2.24, 2.45) is 0 Å². The maximum Gasteiger partial charge on any atom is 0.469 e. The van der Waals surface area contributed by atoms with Crippen LogP contribution in [0.5, 0.6) is 0 Å². The van der Waals surface area contributed by atoms with Crippen molar-refractivity contribution in [3.05, 3.63) is 60.8 Å². The van der Waals surface area contributed by atoms with Crippen LogP contribution in [0.15, 0.2) is 38.9 Å². The molecule has 0 spiro atoms. The van der Waals surface area contributed by atoms with Gasteiger partial charge in [0.2, 0.25) is 5.69 Å². The topological polar surface area (TPSA) is 170 Å². The van der Waals surface area contributed by atoms with Crippen LogP contribution < -0.4 is 11.2 Å². The lowest BCUT2D eigenvalue weighted by molar-refractivity contribution is -0.0451. The van der Waals surface area contributed by atoms with E-state index in [2.05, 4.69) is 9.51 Å². The molecular formula is C21H30Cl2N2O10P2S3. The number of aryl methyl sites for hydroxylation is 1. The van der Waals surface area contributed by atoms with Crippen molar-refractivity contribution in [3.8, 4) is 0 Å². The van der Waals surface area contributed by atoms with Gasteiger partial charge in [0.05, 0.1) is 36.0 Å². The van der Waals surface area contributed by atoms with E-state index in [1.165, 1.54) is 24.5 Å². The second-order valence-electron chi connectivity index (χ2n) is 7.95. The van der Waals surface area contributed by atoms with E-state index >= 15 is 0 Å². The van der Waals surface area contributed by atoms with Crippen molar-refractivity contribution >= 4 is 71.7 Å². The summed E-state index contributed by atoms with van der Waals surface area (Å²) in [6.45, 7) is 5.95. The number of aromatic nitrogens is 2. The molecule has 226 valence electrons. The Kier molecular flexibility index (Phi) is 14.9. The standard InChI is InChI=1S/C11H15Cl2O2PS3.C10H15N2O8P/c1-3-14-16(17,15-4-2)19-8-18-11-7-9(12)5-6-10(11)13;1-5-3-12(10(15)11-9(5)14)8-2-6(13)7(20-8)4-19-21(16,17)18/h5-7H,3-4,8H2,1-2H3;3,6-8,13H,2,4H2,1H3,(H,11,14,15)(H2,16,17,18)/t;6-,7+,8+/m.0/s1. The van der Waals surface area contributed by atoms with Gasteiger partial charge in [-0.05, 0) is 50.8 Å². The van der Waals surface area contributed by atoms with Gasteiger partial charge >= 0.3 is 13.5 Å². The number of phosphoric ester groups is 1. The number of thioether (sulfide) groups is 1. The second kappa shape index (κ2) is 16.6. The van der Waals surface area contributed by atoms with Crippen molar-refractivity contribution in [1.82, 2.24) is 9.55 Å². The summed E-state index contributed by atoms with van der Waals surface area (Å²) < 4.78 is 32.5. The first-order valence-electron chi connectivity index (χ1n) is 11.6. The smallest absolute Gasteiger partial charge is 0.390 e. The fourth-order valence-electron chi connectivity index (χ4n) is 3.18. The third-order valence-corrected chi connectivity index (χ3v) is 13.2. The van der Waals surface area contributed by atoms with Crippen LogP contribution >= 0.6 is 59.9 Å². The Balaban J connectivity index is 0.000000282. The molecule has 0 bridgehead atoms. The number of aliphatic hydroxyl groups is 1. The summed E-state index contributed by atoms with van der Waals surface area (Å²) in [6.07, 6.45) is -1.57. The largest absolute Gasteiger partial charge is 0.469 e. The van der Waals surface area contributed by atoms with E-state index < -0.39 is 49.8 Å². The molecule has 1 aromatic heterocycles. The predicted octanol–water partition coefficient (Wildman–Crippen LogP) is 4.68. The summed E-state index contributed by atoms with van der Waals surface area (Å²) in [5.41, 5.74) is -3.15. The van der Waals surface area contributed by atoms with Crippen LogP contribution in [0.2, 0.25) is 10.0 Å². The molecule has 19 heteroatoms. The van der Waals surface area contributed by atoms with Crippen LogP contribution in [0.25, 0.3) is 0 Å². The fourth-order valence-corrected chi connectivity index (χ4v) is 11.1. The summed E-state index contributed by atoms with van der Waals surface area (Å²) in [6, 6.07) is 5.41. The highest BCUT2D eigenvalue weighted by Crippen LogP contribution is 2.62. The van der Waals surface area contributed by atoms with Crippen LogP contribution in [-0.2, 0) is 34.7 Å². The molecule has 3 atom stereocenters. The maximum absolute atomic E-state index is 11.7. The summed E-state index contributed by atoms with van der Waals surface area (Å²) in [5.74, 6) is 0. The van der Waals surface area contributed by atoms with Crippen molar-refractivity contribution in [2.75, 3.05) is 24.9 Å². The molecule has 1 aromatic carbocycles. The molecule has 0 aliphatic carbocycles. The van der Waals surface area contributed by atoms with Gasteiger partial charge in [-0.3, -0.25) is 18.9 Å². The molecule has 2 aromatic rings. The Morgan fingerprint density at radius 1 is 1.20 bits per heavy atom. The van der Waals surface area contributed by atoms with Crippen molar-refractivity contribution in [3.63, 3.8) is 0 Å². The zero-order chi connectivity index (χ0) is 30.1. The van der Waals surface area contributed by atoms with Crippen LogP contribution in [0, 0.1) is 6.92 Å². The first-order valence-corrected chi connectivity index (χ1v) is 19.1. The number of nitrogens with one attached hydrogen (secondary N) is 1. The van der Waals surface area contributed by atoms with E-state index in [1.54, 1.807) is 23.9 Å². The van der Waals surface area contributed by atoms with Crippen molar-refractivity contribution in [2.45, 2.75) is 50.5 Å². The number of H-pyrrole nitrogens is 1. The Hall–Kier alpha value is -0.220. The third kappa shape index (κ3) is 11.8. The van der Waals surface area contributed by atoms with E-state index in [4.69, 9.17) is 58.6 Å². The van der Waals surface area contributed by atoms with Gasteiger partial charge < -0.3 is 28.7 Å². The zero-order valence-corrected chi connectivity index (χ0v) is 27.3. The molecular weight excluding hydrogens is 669 g/mol. The Morgan fingerprint density at radius 2 is 1.85 bits per heavy atom. The monoisotopic (exact) mass is 698 g/mol. The molecule has 0 radical (unpaired) electrons. The van der Waals surface area contributed by atoms with Gasteiger partial charge in [0.15, 0.2) is 0 Å². The predicted molar refractivity (Wildman–Crippen MR) is 161 cm³/mol. The van der Waals surface area contributed by atoms with Gasteiger partial charge in [-0.1, -0.05) is 34.6 Å². The van der Waals surface area contributed by atoms with E-state index in [1.807, 2.05) is 19.9 Å². The number of halogens is 2. The normalized spacial score (nSPS) is 19.4. The molecule has 0 unspecified atom stereocenters. The average Bonchev–Trinajstić information content (AvgIpc) is 3.22. The molecule has 1 fully saturated rings. The first kappa shape index (κ1) is 36.0. The molecule has 0 saturated carbocycles. The quantitative estimate of drug-likeness (QED) is 0.137. The minimum absolute atomic E-state index is 0.0283. The average molecular weight is 700 g/mol. The molecule has 2 heterocycles. The van der Waals surface area contributed by atoms with Crippen LogP contribution in [0.1, 0.15) is 32.1 Å². The van der Waals surface area contributed by atoms with Crippen LogP contribution in [0.4, 0.5) is 0 Å². The number of phosphoric acid groups is 1. The fraction of sp³-hybridized carbons (Fsp3) is 0.524. The number of hydrogen-bond donors (Lipinski definition) is 4. The first-order chi connectivity index (χ1) is 18.7. The second-order valence-corrected chi connectivity index (χ2v) is 17.7. The van der Waals surface area contributed by atoms with Gasteiger partial charge in [-0.15, -0.1) is 11.8 Å². The van der Waals surface area contributed by atoms with Crippen LogP contribution in [-0.4, -0.2) is 61.6 Å². The summed E-state index contributed by atoms with van der Waals surface area (Å²) in [7, 11) is -4.67. The Bertz CT molecular complexity index is 1330. The third-order valence-electron chi connectivity index (χ3n) is 4.96. The Morgan fingerprint density at radius 3 is 2.45 bits per heavy atom. The SMILES string of the molecule is CCOP(=S)(OCC)SCSc1cc(Cl)ccc1Cl.Cc1cn([C@H]2C[C@H](O)[C@@H](COP(=O)(O)O)O2)c(=O)[nH]c1=O. The molecule has 1 saturated heterocycles. The number of ether oxygens (including phenoxy) is 1. The van der Waals surface area contributed by atoms with Gasteiger partial charge in [0.25, 0.3) is 5.56 Å². The lowest BCUT2D eigenvalue weighted by Crippen LogP contribution is -2.33. The number of rotatable bonds is 12. The van der Waals surface area contributed by atoms with E-state index in [0.717, 1.165) is 14.5 Å². The van der Waals surface area contributed by atoms with Gasteiger partial charge in [0.1, 0.15) is 12.3 Å². The molecule has 3 rings (SSSR count). The number of aromatic amines is 1. The summed E-state index contributed by atoms with van der Waals surface area (Å²) >= 11 is 20.6. The number of hydrogen-bond acceptors (Lipinski definition) is 11. The van der Waals surface area contributed by atoms with E-state index in [0.29, 0.717) is 28.8 Å². The maximum atomic E-state index is 11.7. The minimum Gasteiger partial charge on any atom is -0.390 e. The summed E-state index contributed by atoms with van der Waals surface area (Å²) in [5, 5.41) is 11.9. The number of nitrogens with zero attached hydrogens (tertiary/aromatic N) is 1. The van der Waals surface area contributed by atoms with Crippen molar-refractivity contribution < 1.29 is 37.8 Å². The van der Waals surface area contributed by atoms with Gasteiger partial charge in [-0.2, -0.15) is 0 Å². The zero-order valence-electron chi connectivity index (χ0n) is 21.6. The summed E-state index contributed by atoms with van der Waals surface area (Å²) in [4.78, 5) is 43.3. The van der Waals surface area contributed by atoms with Gasteiger partial charge in [-0.25, -0.2) is 9.36 Å². The highest BCUT2D eigenvalue weighted by Gasteiger charge is 2.37. The molecule has 12 nitrogen and oxygen atoms in total. The molecule has 1 aliphatic rings. The molecule has 4 N–H and O–H groups in total.